The summed E-state index contributed by atoms with van der Waals surface area (Å²) < 4.78 is 0. The zero-order valence-corrected chi connectivity index (χ0v) is 13.6. The van der Waals surface area contributed by atoms with E-state index in [0.29, 0.717) is 16.3 Å². The van der Waals surface area contributed by atoms with E-state index in [9.17, 15) is 0 Å². The number of anilines is 1. The molecule has 0 aliphatic carbocycles. The first-order valence-electron chi connectivity index (χ1n) is 6.58. The number of hydrogen-bond donors (Lipinski definition) is 1. The molecule has 1 saturated heterocycles. The normalized spacial score (nSPS) is 23.5. The zero-order chi connectivity index (χ0) is 14.2. The minimum atomic E-state index is 0.443. The third kappa shape index (κ3) is 2.87. The Kier molecular flexibility index (Phi) is 4.36. The topological polar surface area (TPSA) is 42.1 Å². The van der Waals surface area contributed by atoms with Crippen molar-refractivity contribution in [3.8, 4) is 0 Å². The van der Waals surface area contributed by atoms with Crippen molar-refractivity contribution in [3.63, 3.8) is 0 Å². The molecule has 0 spiro atoms. The van der Waals surface area contributed by atoms with E-state index in [-0.39, 0.29) is 0 Å². The molecule has 2 N–H and O–H groups in total. The molecule has 3 nitrogen and oxygen atoms in total. The highest BCUT2D eigenvalue weighted by atomic mass is 32.2. The van der Waals surface area contributed by atoms with E-state index >= 15 is 0 Å². The van der Waals surface area contributed by atoms with Gasteiger partial charge >= 0.3 is 0 Å². The number of rotatable bonds is 2. The monoisotopic (exact) mass is 295 g/mol. The number of hydrogen-bond acceptors (Lipinski definition) is 4. The van der Waals surface area contributed by atoms with Crippen LogP contribution in [-0.2, 0) is 0 Å². The second kappa shape index (κ2) is 5.67. The highest BCUT2D eigenvalue weighted by Crippen LogP contribution is 2.32. The Morgan fingerprint density at radius 3 is 2.79 bits per heavy atom. The van der Waals surface area contributed by atoms with Crippen molar-refractivity contribution < 1.29 is 0 Å². The number of pyridine rings is 1. The van der Waals surface area contributed by atoms with Gasteiger partial charge in [-0.2, -0.15) is 11.8 Å². The Hall–Kier alpha value is -0.810. The Balaban J connectivity index is 2.51. The third-order valence-electron chi connectivity index (χ3n) is 3.75. The lowest BCUT2D eigenvalue weighted by molar-refractivity contribution is 0.626. The summed E-state index contributed by atoms with van der Waals surface area (Å²) in [4.78, 5) is 7.37. The van der Waals surface area contributed by atoms with Gasteiger partial charge in [-0.15, -0.1) is 0 Å². The molecule has 2 heterocycles. The van der Waals surface area contributed by atoms with Gasteiger partial charge in [0, 0.05) is 35.0 Å². The number of thioether (sulfide) groups is 1. The van der Waals surface area contributed by atoms with Crippen LogP contribution >= 0.6 is 24.0 Å². The molecule has 1 aromatic rings. The lowest BCUT2D eigenvalue weighted by atomic mass is 10.1. The number of nitrogens with two attached hydrogens (primary N) is 1. The number of nitrogens with zero attached hydrogens (tertiary/aromatic N) is 2. The molecular formula is C14H21N3S2. The minimum absolute atomic E-state index is 0.443. The summed E-state index contributed by atoms with van der Waals surface area (Å²) in [6, 6.07) is 2.59. The molecule has 0 radical (unpaired) electrons. The summed E-state index contributed by atoms with van der Waals surface area (Å²) in [6.45, 7) is 9.59. The standard InChI is InChI=1S/C14H21N3S2/c1-8-7-12(13(14(15)18)9(2)16-8)17-5-6-19-11(4)10(17)3/h7,10-11H,5-6H2,1-4H3,(H2,15,18). The van der Waals surface area contributed by atoms with Gasteiger partial charge in [-0.1, -0.05) is 19.1 Å². The molecule has 5 heteroatoms. The van der Waals surface area contributed by atoms with Gasteiger partial charge in [-0.25, -0.2) is 0 Å². The molecule has 0 saturated carbocycles. The molecule has 19 heavy (non-hydrogen) atoms. The average molecular weight is 295 g/mol. The molecule has 1 aromatic heterocycles. The van der Waals surface area contributed by atoms with Crippen LogP contribution in [0.15, 0.2) is 6.07 Å². The minimum Gasteiger partial charge on any atom is -0.389 e. The fourth-order valence-electron chi connectivity index (χ4n) is 2.61. The first kappa shape index (κ1) is 14.6. The molecule has 104 valence electrons. The van der Waals surface area contributed by atoms with E-state index < -0.39 is 0 Å². The van der Waals surface area contributed by atoms with Crippen LogP contribution in [0.3, 0.4) is 0 Å². The predicted octanol–water partition coefficient (Wildman–Crippen LogP) is 2.66. The second-order valence-electron chi connectivity index (χ2n) is 5.12. The van der Waals surface area contributed by atoms with Gasteiger partial charge in [0.15, 0.2) is 0 Å². The van der Waals surface area contributed by atoms with Crippen LogP contribution in [0.2, 0.25) is 0 Å². The summed E-state index contributed by atoms with van der Waals surface area (Å²) >= 11 is 7.25. The molecule has 1 aliphatic heterocycles. The van der Waals surface area contributed by atoms with E-state index in [1.165, 1.54) is 0 Å². The maximum absolute atomic E-state index is 5.91. The van der Waals surface area contributed by atoms with E-state index in [4.69, 9.17) is 18.0 Å². The average Bonchev–Trinajstić information content (AvgIpc) is 2.31. The van der Waals surface area contributed by atoms with Crippen molar-refractivity contribution >= 4 is 34.7 Å². The summed E-state index contributed by atoms with van der Waals surface area (Å²) in [5.74, 6) is 1.14. The van der Waals surface area contributed by atoms with Crippen LogP contribution < -0.4 is 10.6 Å². The van der Waals surface area contributed by atoms with Gasteiger partial charge in [0.1, 0.15) is 4.99 Å². The van der Waals surface area contributed by atoms with Crippen LogP contribution in [-0.4, -0.2) is 33.6 Å². The first-order chi connectivity index (χ1) is 8.91. The predicted molar refractivity (Wildman–Crippen MR) is 88.3 cm³/mol. The summed E-state index contributed by atoms with van der Waals surface area (Å²) in [5.41, 5.74) is 9.95. The fourth-order valence-corrected chi connectivity index (χ4v) is 3.96. The molecule has 0 bridgehead atoms. The summed E-state index contributed by atoms with van der Waals surface area (Å²) in [6.07, 6.45) is 0. The van der Waals surface area contributed by atoms with Crippen molar-refractivity contribution in [2.45, 2.75) is 39.0 Å². The fraction of sp³-hybridized carbons (Fsp3) is 0.571. The quantitative estimate of drug-likeness (QED) is 0.850. The van der Waals surface area contributed by atoms with Crippen LogP contribution in [0.1, 0.15) is 30.8 Å². The van der Waals surface area contributed by atoms with Gasteiger partial charge in [0.2, 0.25) is 0 Å². The van der Waals surface area contributed by atoms with Gasteiger partial charge in [0.05, 0.1) is 11.3 Å². The Morgan fingerprint density at radius 1 is 1.47 bits per heavy atom. The molecule has 1 fully saturated rings. The van der Waals surface area contributed by atoms with Crippen molar-refractivity contribution in [1.82, 2.24) is 4.98 Å². The maximum Gasteiger partial charge on any atom is 0.107 e. The molecule has 2 rings (SSSR count). The second-order valence-corrected chi connectivity index (χ2v) is 7.04. The van der Waals surface area contributed by atoms with Crippen LogP contribution in [0, 0.1) is 13.8 Å². The van der Waals surface area contributed by atoms with E-state index in [1.807, 2.05) is 25.6 Å². The largest absolute Gasteiger partial charge is 0.389 e. The van der Waals surface area contributed by atoms with Gasteiger partial charge < -0.3 is 10.6 Å². The molecule has 0 amide bonds. The highest BCUT2D eigenvalue weighted by Gasteiger charge is 2.28. The molecule has 2 unspecified atom stereocenters. The van der Waals surface area contributed by atoms with Gasteiger partial charge in [-0.05, 0) is 26.8 Å². The Labute approximate surface area is 125 Å². The number of aryl methyl sites for hydroxylation is 2. The summed E-state index contributed by atoms with van der Waals surface area (Å²) in [5, 5.41) is 0.613. The number of thiocarbonyl (C=S) groups is 1. The first-order valence-corrected chi connectivity index (χ1v) is 8.03. The van der Waals surface area contributed by atoms with Crippen molar-refractivity contribution in [3.05, 3.63) is 23.0 Å². The SMILES string of the molecule is Cc1cc(N2CCSC(C)C2C)c(C(N)=S)c(C)n1. The number of aromatic nitrogens is 1. The van der Waals surface area contributed by atoms with E-state index in [0.717, 1.165) is 34.9 Å². The zero-order valence-electron chi connectivity index (χ0n) is 11.9. The van der Waals surface area contributed by atoms with Crippen molar-refractivity contribution in [2.24, 2.45) is 5.73 Å². The van der Waals surface area contributed by atoms with Crippen LogP contribution in [0.5, 0.6) is 0 Å². The van der Waals surface area contributed by atoms with E-state index in [2.05, 4.69) is 29.8 Å². The lowest BCUT2D eigenvalue weighted by Gasteiger charge is -2.40. The van der Waals surface area contributed by atoms with Gasteiger partial charge in [0.25, 0.3) is 0 Å². The van der Waals surface area contributed by atoms with Gasteiger partial charge in [-0.3, -0.25) is 4.98 Å². The van der Waals surface area contributed by atoms with E-state index in [1.54, 1.807) is 0 Å². The Morgan fingerprint density at radius 2 is 2.16 bits per heavy atom. The van der Waals surface area contributed by atoms with Crippen molar-refractivity contribution in [2.75, 3.05) is 17.2 Å². The molecule has 1 aliphatic rings. The Bertz CT molecular complexity index is 502. The van der Waals surface area contributed by atoms with Crippen LogP contribution in [0.4, 0.5) is 5.69 Å². The smallest absolute Gasteiger partial charge is 0.107 e. The van der Waals surface area contributed by atoms with Crippen LogP contribution in [0.25, 0.3) is 0 Å². The lowest BCUT2D eigenvalue weighted by Crippen LogP contribution is -2.45. The van der Waals surface area contributed by atoms with Crippen molar-refractivity contribution in [1.29, 1.82) is 0 Å². The highest BCUT2D eigenvalue weighted by molar-refractivity contribution is 8.00. The molecule has 2 atom stereocenters. The molecular weight excluding hydrogens is 274 g/mol. The summed E-state index contributed by atoms with van der Waals surface area (Å²) in [7, 11) is 0. The molecule has 0 aromatic carbocycles. The third-order valence-corrected chi connectivity index (χ3v) is 5.29. The maximum atomic E-state index is 5.91.